The van der Waals surface area contributed by atoms with Gasteiger partial charge in [0.2, 0.25) is 5.91 Å². The van der Waals surface area contributed by atoms with E-state index in [1.807, 2.05) is 0 Å². The van der Waals surface area contributed by atoms with Gasteiger partial charge in [-0.2, -0.15) is 13.2 Å². The van der Waals surface area contributed by atoms with Crippen molar-refractivity contribution in [1.29, 1.82) is 5.41 Å². The molecule has 35 heavy (non-hydrogen) atoms. The van der Waals surface area contributed by atoms with E-state index in [4.69, 9.17) is 40.0 Å². The van der Waals surface area contributed by atoms with Crippen LogP contribution in [0, 0.1) is 11.3 Å². The van der Waals surface area contributed by atoms with E-state index >= 15 is 0 Å². The number of esters is 1. The highest BCUT2D eigenvalue weighted by molar-refractivity contribution is 7.51. The summed E-state index contributed by atoms with van der Waals surface area (Å²) >= 11 is 0. The van der Waals surface area contributed by atoms with Crippen LogP contribution in [0.5, 0.6) is 5.75 Å². The summed E-state index contributed by atoms with van der Waals surface area (Å²) in [7, 11) is -4.33. The van der Waals surface area contributed by atoms with Gasteiger partial charge in [0.25, 0.3) is 0 Å². The summed E-state index contributed by atoms with van der Waals surface area (Å²) < 4.78 is 53.0. The highest BCUT2D eigenvalue weighted by Crippen LogP contribution is 2.32. The second kappa shape index (κ2) is 12.1. The molecule has 1 atom stereocenters. The number of furan rings is 1. The predicted octanol–water partition coefficient (Wildman–Crippen LogP) is 1.85. The molecule has 1 unspecified atom stereocenters. The predicted molar refractivity (Wildman–Crippen MR) is 113 cm³/mol. The van der Waals surface area contributed by atoms with E-state index in [1.165, 1.54) is 24.5 Å². The number of nitrogen functional groups attached to an aromatic ring is 1. The molecule has 0 spiro atoms. The maximum absolute atomic E-state index is 12.2. The minimum atomic E-state index is -5.08. The number of nitrogens with two attached hydrogens (primary N) is 1. The normalized spacial score (nSPS) is 12.1. The van der Waals surface area contributed by atoms with Crippen molar-refractivity contribution in [2.75, 3.05) is 6.29 Å². The average molecular weight is 523 g/mol. The van der Waals surface area contributed by atoms with Crippen LogP contribution in [0.1, 0.15) is 28.6 Å². The lowest BCUT2D eigenvalue weighted by Crippen LogP contribution is -2.30. The van der Waals surface area contributed by atoms with Gasteiger partial charge in [0.15, 0.2) is 0 Å². The van der Waals surface area contributed by atoms with E-state index in [0.717, 1.165) is 0 Å². The topological polar surface area (TPSA) is 213 Å². The Morgan fingerprint density at radius 3 is 2.20 bits per heavy atom. The van der Waals surface area contributed by atoms with Crippen LogP contribution in [-0.2, 0) is 20.6 Å². The SMILES string of the molecule is CC(Cc1cc(C(=O)Oc2ccc(C(=N)N)cc2)co1)C(=O)NCP(=O)(O)O.O=C(O)C(F)(F)F. The first kappa shape index (κ1) is 29.4. The number of ether oxygens (including phenoxy) is 1. The molecule has 0 aliphatic rings. The third-order valence-electron chi connectivity index (χ3n) is 3.92. The minimum absolute atomic E-state index is 0.101. The van der Waals surface area contributed by atoms with Crippen molar-refractivity contribution in [2.45, 2.75) is 19.5 Å². The van der Waals surface area contributed by atoms with E-state index in [2.05, 4.69) is 5.32 Å². The summed E-state index contributed by atoms with van der Waals surface area (Å²) in [6, 6.07) is 7.53. The number of carbonyl (C=O) groups is 3. The quantitative estimate of drug-likeness (QED) is 0.0971. The fraction of sp³-hybridized carbons (Fsp3) is 0.263. The molecule has 0 saturated heterocycles. The second-order valence-electron chi connectivity index (χ2n) is 6.90. The molecule has 7 N–H and O–H groups in total. The van der Waals surface area contributed by atoms with E-state index in [0.29, 0.717) is 11.3 Å². The molecule has 1 amide bonds. The molecule has 0 radical (unpaired) electrons. The lowest BCUT2D eigenvalue weighted by atomic mass is 10.1. The molecular weight excluding hydrogens is 502 g/mol. The van der Waals surface area contributed by atoms with Gasteiger partial charge in [-0.15, -0.1) is 0 Å². The number of alkyl halides is 3. The number of aliphatic carboxylic acids is 1. The zero-order chi connectivity index (χ0) is 27.0. The zero-order valence-electron chi connectivity index (χ0n) is 17.9. The maximum atomic E-state index is 12.2. The Bertz CT molecular complexity index is 1110. The van der Waals surface area contributed by atoms with Crippen molar-refractivity contribution >= 4 is 31.3 Å². The third-order valence-corrected chi connectivity index (χ3v) is 4.49. The molecule has 1 aromatic heterocycles. The molecule has 12 nitrogen and oxygen atoms in total. The van der Waals surface area contributed by atoms with Crippen molar-refractivity contribution in [3.05, 3.63) is 53.5 Å². The molecule has 0 bridgehead atoms. The molecule has 2 aromatic rings. The van der Waals surface area contributed by atoms with Gasteiger partial charge >= 0.3 is 25.7 Å². The Labute approximate surface area is 195 Å². The summed E-state index contributed by atoms with van der Waals surface area (Å²) in [5, 5.41) is 16.6. The van der Waals surface area contributed by atoms with Crippen molar-refractivity contribution in [3.8, 4) is 5.75 Å². The Morgan fingerprint density at radius 1 is 1.20 bits per heavy atom. The van der Waals surface area contributed by atoms with Gasteiger partial charge in [0, 0.05) is 17.9 Å². The number of carbonyl (C=O) groups excluding carboxylic acids is 2. The maximum Gasteiger partial charge on any atom is 0.490 e. The van der Waals surface area contributed by atoms with E-state index in [1.54, 1.807) is 19.1 Å². The van der Waals surface area contributed by atoms with Crippen LogP contribution in [-0.4, -0.2) is 51.0 Å². The summed E-state index contributed by atoms with van der Waals surface area (Å²) in [6.45, 7) is 1.56. The van der Waals surface area contributed by atoms with Crippen molar-refractivity contribution in [1.82, 2.24) is 5.32 Å². The minimum Gasteiger partial charge on any atom is -0.475 e. The molecular formula is C19H21F3N3O9P. The fourth-order valence-electron chi connectivity index (χ4n) is 2.21. The first-order valence-corrected chi connectivity index (χ1v) is 11.2. The number of hydrogen-bond donors (Lipinski definition) is 6. The Hall–Kier alpha value is -3.68. The fourth-order valence-corrected chi connectivity index (χ4v) is 2.57. The number of carboxylic acids is 1. The molecule has 0 fully saturated rings. The van der Waals surface area contributed by atoms with Gasteiger partial charge in [0.1, 0.15) is 29.9 Å². The highest BCUT2D eigenvalue weighted by Gasteiger charge is 2.38. The van der Waals surface area contributed by atoms with E-state index in [9.17, 15) is 27.3 Å². The van der Waals surface area contributed by atoms with Crippen molar-refractivity contribution in [3.63, 3.8) is 0 Å². The van der Waals surface area contributed by atoms with Gasteiger partial charge in [0.05, 0.1) is 5.56 Å². The van der Waals surface area contributed by atoms with Crippen LogP contribution in [0.4, 0.5) is 13.2 Å². The summed E-state index contributed by atoms with van der Waals surface area (Å²) in [6.07, 6.45) is -4.50. The van der Waals surface area contributed by atoms with E-state index in [-0.39, 0.29) is 23.6 Å². The lowest BCUT2D eigenvalue weighted by Gasteiger charge is -2.11. The molecule has 1 aromatic carbocycles. The molecule has 16 heteroatoms. The van der Waals surface area contributed by atoms with Crippen LogP contribution in [0.15, 0.2) is 41.0 Å². The number of amides is 1. The third kappa shape index (κ3) is 10.9. The van der Waals surface area contributed by atoms with Gasteiger partial charge in [-0.05, 0) is 30.3 Å². The van der Waals surface area contributed by atoms with Crippen LogP contribution >= 0.6 is 7.60 Å². The number of halogens is 3. The highest BCUT2D eigenvalue weighted by atomic mass is 31.2. The van der Waals surface area contributed by atoms with Crippen LogP contribution in [0.2, 0.25) is 0 Å². The monoisotopic (exact) mass is 523 g/mol. The molecule has 0 aliphatic carbocycles. The number of carboxylic acid groups (broad SMARTS) is 1. The first-order chi connectivity index (χ1) is 16.0. The first-order valence-electron chi connectivity index (χ1n) is 9.36. The van der Waals surface area contributed by atoms with E-state index < -0.39 is 43.8 Å². The molecule has 0 saturated carbocycles. The van der Waals surface area contributed by atoms with Crippen molar-refractivity contribution in [2.24, 2.45) is 11.7 Å². The Morgan fingerprint density at radius 2 is 1.74 bits per heavy atom. The average Bonchev–Trinajstić information content (AvgIpc) is 3.20. The summed E-state index contributed by atoms with van der Waals surface area (Å²) in [4.78, 5) is 50.5. The smallest absolute Gasteiger partial charge is 0.475 e. The van der Waals surface area contributed by atoms with Crippen molar-refractivity contribution < 1.29 is 56.2 Å². The van der Waals surface area contributed by atoms with Gasteiger partial charge in [-0.3, -0.25) is 14.8 Å². The van der Waals surface area contributed by atoms with Gasteiger partial charge in [-0.25, -0.2) is 9.59 Å². The Balaban J connectivity index is 0.000000762. The number of rotatable bonds is 8. The van der Waals surface area contributed by atoms with Crippen LogP contribution in [0.25, 0.3) is 0 Å². The molecule has 192 valence electrons. The van der Waals surface area contributed by atoms with Crippen LogP contribution in [0.3, 0.4) is 0 Å². The number of amidine groups is 1. The summed E-state index contributed by atoms with van der Waals surface area (Å²) in [5.74, 6) is -4.08. The second-order valence-corrected chi connectivity index (χ2v) is 8.55. The molecule has 0 aliphatic heterocycles. The zero-order valence-corrected chi connectivity index (χ0v) is 18.8. The van der Waals surface area contributed by atoms with Crippen LogP contribution < -0.4 is 15.8 Å². The molecule has 1 heterocycles. The number of benzene rings is 1. The number of nitrogens with one attached hydrogen (secondary N) is 2. The largest absolute Gasteiger partial charge is 0.490 e. The molecule has 2 rings (SSSR count). The summed E-state index contributed by atoms with van der Waals surface area (Å²) in [5.41, 5.74) is 6.00. The standard InChI is InChI=1S/C17H20N3O7P.C2HF3O2/c1-10(16(21)20-9-28(23,24)25)6-14-7-12(8-26-14)17(22)27-13-4-2-11(3-5-13)15(18)19;3-2(4,5)1(6)7/h2-5,7-8,10H,6,9H2,1H3,(H3,18,19)(H,20,21)(H2,23,24,25);(H,6,7). The van der Waals surface area contributed by atoms with Gasteiger partial charge in [-0.1, -0.05) is 6.92 Å². The number of hydrogen-bond acceptors (Lipinski definition) is 7. The Kier molecular flexibility index (Phi) is 10.2. The lowest BCUT2D eigenvalue weighted by molar-refractivity contribution is -0.192. The van der Waals surface area contributed by atoms with Gasteiger partial charge < -0.3 is 35.1 Å².